The van der Waals surface area contributed by atoms with Gasteiger partial charge in [-0.1, -0.05) is 33.4 Å². The van der Waals surface area contributed by atoms with Crippen molar-refractivity contribution in [3.8, 4) is 33.6 Å². The average Bonchev–Trinajstić information content (AvgIpc) is 3.51. The molecule has 6 aromatic rings. The molecule has 5 aromatic heterocycles. The predicted molar refractivity (Wildman–Crippen MR) is 154 cm³/mol. The molecule has 6 rings (SSSR count). The van der Waals surface area contributed by atoms with E-state index in [2.05, 4.69) is 93.1 Å². The largest absolute Gasteiger partial charge is 0.358 e. The molecule has 0 amide bonds. The smallest absolute Gasteiger partial charge is 0.138 e. The SMILES string of the molecule is C=C(CC(C)(C)C)Nc1cncc(-c2ccc3[nH]nc(-c4cc5c(-c6ccncc6)ccnc5[nH]4)c3c2)c1. The lowest BCUT2D eigenvalue weighted by molar-refractivity contribution is 0.411. The number of hydrogen-bond acceptors (Lipinski definition) is 5. The van der Waals surface area contributed by atoms with E-state index in [1.165, 1.54) is 0 Å². The van der Waals surface area contributed by atoms with E-state index >= 15 is 0 Å². The number of H-pyrrole nitrogens is 2. The summed E-state index contributed by atoms with van der Waals surface area (Å²) < 4.78 is 0. The van der Waals surface area contributed by atoms with Crippen molar-refractivity contribution >= 4 is 27.6 Å². The van der Waals surface area contributed by atoms with E-state index in [4.69, 9.17) is 0 Å². The first-order valence-electron chi connectivity index (χ1n) is 12.6. The number of pyridine rings is 3. The summed E-state index contributed by atoms with van der Waals surface area (Å²) in [4.78, 5) is 16.7. The highest BCUT2D eigenvalue weighted by Gasteiger charge is 2.16. The number of benzene rings is 1. The fourth-order valence-corrected chi connectivity index (χ4v) is 4.89. The van der Waals surface area contributed by atoms with Gasteiger partial charge in [0.1, 0.15) is 11.3 Å². The third-order valence-electron chi connectivity index (χ3n) is 6.48. The van der Waals surface area contributed by atoms with E-state index in [-0.39, 0.29) is 5.41 Å². The molecule has 0 aliphatic carbocycles. The first-order valence-corrected chi connectivity index (χ1v) is 12.6. The number of rotatable bonds is 6. The van der Waals surface area contributed by atoms with Crippen LogP contribution in [0.25, 0.3) is 55.6 Å². The van der Waals surface area contributed by atoms with Crippen LogP contribution in [0.3, 0.4) is 0 Å². The second-order valence-electron chi connectivity index (χ2n) is 10.8. The third-order valence-corrected chi connectivity index (χ3v) is 6.48. The molecule has 0 fully saturated rings. The lowest BCUT2D eigenvalue weighted by atomic mass is 9.91. The fraction of sp³-hybridized carbons (Fsp3) is 0.161. The highest BCUT2D eigenvalue weighted by Crippen LogP contribution is 2.35. The standard InChI is InChI=1S/C31H29N7/c1-19(16-31(2,3)4)35-23-13-22(17-33-18-23)21-5-6-27-26(14-21)29(38-37-27)28-15-25-24(9-12-34-30(25)36-28)20-7-10-32-11-8-20/h5-15,17-18,35H,1,16H2,2-4H3,(H,34,36)(H,37,38). The minimum absolute atomic E-state index is 0.162. The molecule has 1 aromatic carbocycles. The van der Waals surface area contributed by atoms with Gasteiger partial charge in [-0.05, 0) is 71.0 Å². The van der Waals surface area contributed by atoms with Crippen molar-refractivity contribution in [2.24, 2.45) is 5.41 Å². The molecule has 0 atom stereocenters. The quantitative estimate of drug-likeness (QED) is 0.219. The van der Waals surface area contributed by atoms with Crippen molar-refractivity contribution in [2.75, 3.05) is 5.32 Å². The fourth-order valence-electron chi connectivity index (χ4n) is 4.89. The molecule has 0 saturated heterocycles. The van der Waals surface area contributed by atoms with Crippen LogP contribution < -0.4 is 5.32 Å². The molecule has 7 heteroatoms. The van der Waals surface area contributed by atoms with Crippen LogP contribution >= 0.6 is 0 Å². The number of nitrogens with one attached hydrogen (secondary N) is 3. The molecule has 38 heavy (non-hydrogen) atoms. The summed E-state index contributed by atoms with van der Waals surface area (Å²) in [7, 11) is 0. The Labute approximate surface area is 221 Å². The molecule has 0 radical (unpaired) electrons. The zero-order valence-corrected chi connectivity index (χ0v) is 21.7. The molecule has 0 aliphatic heterocycles. The number of anilines is 1. The van der Waals surface area contributed by atoms with Crippen molar-refractivity contribution < 1.29 is 0 Å². The van der Waals surface area contributed by atoms with E-state index in [0.717, 1.165) is 73.4 Å². The van der Waals surface area contributed by atoms with E-state index in [9.17, 15) is 0 Å². The number of nitrogens with zero attached hydrogens (tertiary/aromatic N) is 4. The van der Waals surface area contributed by atoms with Crippen molar-refractivity contribution in [3.63, 3.8) is 0 Å². The summed E-state index contributed by atoms with van der Waals surface area (Å²) in [6, 6.07) is 16.6. The Hall–Kier alpha value is -4.78. The predicted octanol–water partition coefficient (Wildman–Crippen LogP) is 7.59. The summed E-state index contributed by atoms with van der Waals surface area (Å²) in [5, 5.41) is 13.3. The number of fused-ring (bicyclic) bond motifs is 2. The summed E-state index contributed by atoms with van der Waals surface area (Å²) in [5.41, 5.74) is 9.88. The Bertz CT molecular complexity index is 1770. The molecule has 0 spiro atoms. The van der Waals surface area contributed by atoms with Crippen molar-refractivity contribution in [1.29, 1.82) is 0 Å². The Morgan fingerprint density at radius 2 is 1.71 bits per heavy atom. The summed E-state index contributed by atoms with van der Waals surface area (Å²) in [5.74, 6) is 0. The third kappa shape index (κ3) is 4.66. The van der Waals surface area contributed by atoms with Gasteiger partial charge in [-0.2, -0.15) is 5.10 Å². The van der Waals surface area contributed by atoms with E-state index in [0.29, 0.717) is 0 Å². The van der Waals surface area contributed by atoms with Crippen molar-refractivity contribution in [2.45, 2.75) is 27.2 Å². The van der Waals surface area contributed by atoms with E-state index in [1.54, 1.807) is 12.4 Å². The van der Waals surface area contributed by atoms with Crippen LogP contribution in [0, 0.1) is 5.41 Å². The summed E-state index contributed by atoms with van der Waals surface area (Å²) in [6.07, 6.45) is 10.0. The molecule has 5 heterocycles. The summed E-state index contributed by atoms with van der Waals surface area (Å²) in [6.45, 7) is 10.8. The van der Waals surface area contributed by atoms with E-state index < -0.39 is 0 Å². The van der Waals surface area contributed by atoms with Gasteiger partial charge in [-0.25, -0.2) is 4.98 Å². The first kappa shape index (κ1) is 23.6. The second kappa shape index (κ2) is 9.27. The van der Waals surface area contributed by atoms with Gasteiger partial charge in [0.15, 0.2) is 0 Å². The molecule has 0 aliphatic rings. The molecule has 0 bridgehead atoms. The topological polar surface area (TPSA) is 95.2 Å². The monoisotopic (exact) mass is 499 g/mol. The minimum Gasteiger partial charge on any atom is -0.358 e. The zero-order valence-electron chi connectivity index (χ0n) is 21.7. The molecule has 0 unspecified atom stereocenters. The molecule has 188 valence electrons. The van der Waals surface area contributed by atoms with Gasteiger partial charge < -0.3 is 10.3 Å². The Kier molecular flexibility index (Phi) is 5.76. The van der Waals surface area contributed by atoms with Crippen LogP contribution in [0.2, 0.25) is 0 Å². The highest BCUT2D eigenvalue weighted by atomic mass is 15.1. The van der Waals surface area contributed by atoms with Crippen LogP contribution in [0.1, 0.15) is 27.2 Å². The van der Waals surface area contributed by atoms with Crippen LogP contribution in [-0.2, 0) is 0 Å². The van der Waals surface area contributed by atoms with Gasteiger partial charge in [0.05, 0.1) is 23.1 Å². The lowest BCUT2D eigenvalue weighted by Gasteiger charge is -2.20. The van der Waals surface area contributed by atoms with Gasteiger partial charge >= 0.3 is 0 Å². The number of aromatic nitrogens is 6. The average molecular weight is 500 g/mol. The van der Waals surface area contributed by atoms with Crippen LogP contribution in [-0.4, -0.2) is 30.1 Å². The Balaban J connectivity index is 1.36. The summed E-state index contributed by atoms with van der Waals surface area (Å²) >= 11 is 0. The minimum atomic E-state index is 0.162. The van der Waals surface area contributed by atoms with Gasteiger partial charge in [0.2, 0.25) is 0 Å². The van der Waals surface area contributed by atoms with Crippen molar-refractivity contribution in [3.05, 3.63) is 91.8 Å². The van der Waals surface area contributed by atoms with Crippen LogP contribution in [0.15, 0.2) is 91.8 Å². The molecular weight excluding hydrogens is 470 g/mol. The molecule has 7 nitrogen and oxygen atoms in total. The number of aromatic amines is 2. The van der Waals surface area contributed by atoms with E-state index in [1.807, 2.05) is 36.8 Å². The van der Waals surface area contributed by atoms with Crippen LogP contribution in [0.4, 0.5) is 5.69 Å². The maximum absolute atomic E-state index is 4.66. The number of hydrogen-bond donors (Lipinski definition) is 3. The Morgan fingerprint density at radius 1 is 0.868 bits per heavy atom. The zero-order chi connectivity index (χ0) is 26.3. The number of allylic oxidation sites excluding steroid dienone is 1. The normalized spacial score (nSPS) is 11.8. The highest BCUT2D eigenvalue weighted by molar-refractivity contribution is 6.00. The molecule has 3 N–H and O–H groups in total. The van der Waals surface area contributed by atoms with Gasteiger partial charge in [-0.3, -0.25) is 15.1 Å². The maximum Gasteiger partial charge on any atom is 0.138 e. The van der Waals surface area contributed by atoms with Gasteiger partial charge in [0.25, 0.3) is 0 Å². The van der Waals surface area contributed by atoms with Crippen LogP contribution in [0.5, 0.6) is 0 Å². The first-order chi connectivity index (χ1) is 18.3. The second-order valence-corrected chi connectivity index (χ2v) is 10.8. The lowest BCUT2D eigenvalue weighted by Crippen LogP contribution is -2.10. The maximum atomic E-state index is 4.66. The van der Waals surface area contributed by atoms with Crippen molar-refractivity contribution in [1.82, 2.24) is 30.1 Å². The molecule has 0 saturated carbocycles. The Morgan fingerprint density at radius 3 is 2.53 bits per heavy atom. The van der Waals surface area contributed by atoms with Gasteiger partial charge in [0, 0.05) is 46.8 Å². The molecular formula is C31H29N7. The van der Waals surface area contributed by atoms with Gasteiger partial charge in [-0.15, -0.1) is 0 Å².